The number of nitrogens with zero attached hydrogens (tertiary/aromatic N) is 2. The number of rotatable bonds is 0. The number of hydrogen-bond acceptors (Lipinski definition) is 2. The summed E-state index contributed by atoms with van der Waals surface area (Å²) in [6.07, 6.45) is 0. The van der Waals surface area contributed by atoms with Gasteiger partial charge < -0.3 is 4.42 Å². The predicted octanol–water partition coefficient (Wildman–Crippen LogP) is 3.54. The van der Waals surface area contributed by atoms with Gasteiger partial charge in [0.15, 0.2) is 5.58 Å². The molecule has 2 aromatic carbocycles. The molecule has 0 saturated heterocycles. The zero-order valence-electron chi connectivity index (χ0n) is 9.34. The second-order valence-corrected chi connectivity index (χ2v) is 4.24. The van der Waals surface area contributed by atoms with Crippen molar-refractivity contribution in [2.45, 2.75) is 6.92 Å². The molecule has 0 aliphatic heterocycles. The van der Waals surface area contributed by atoms with Crippen molar-refractivity contribution in [3.05, 3.63) is 48.0 Å². The Hall–Kier alpha value is -2.29. The molecule has 2 aromatic heterocycles. The summed E-state index contributed by atoms with van der Waals surface area (Å²) in [5, 5.41) is 0. The van der Waals surface area contributed by atoms with Gasteiger partial charge in [0.25, 0.3) is 0 Å². The number of imidazole rings is 1. The standard InChI is InChI=1S/C14H10N2O/c1-9-5-4-8-12-13(9)17-14-15-10-6-2-3-7-11(10)16(12)14/h2-8H,1H3. The number of benzene rings is 2. The van der Waals surface area contributed by atoms with Gasteiger partial charge in [0, 0.05) is 0 Å². The Morgan fingerprint density at radius 3 is 2.76 bits per heavy atom. The van der Waals surface area contributed by atoms with E-state index in [-0.39, 0.29) is 0 Å². The third-order valence-corrected chi connectivity index (χ3v) is 3.16. The number of oxazole rings is 1. The minimum atomic E-state index is 0.663. The fourth-order valence-corrected chi connectivity index (χ4v) is 2.34. The molecule has 0 amide bonds. The van der Waals surface area contributed by atoms with Crippen LogP contribution in [0.5, 0.6) is 0 Å². The lowest BCUT2D eigenvalue weighted by Crippen LogP contribution is -1.80. The van der Waals surface area contributed by atoms with Crippen LogP contribution in [-0.4, -0.2) is 9.38 Å². The SMILES string of the molecule is Cc1cccc2c1oc1nc3ccccc3n12. The van der Waals surface area contributed by atoms with E-state index >= 15 is 0 Å². The van der Waals surface area contributed by atoms with Gasteiger partial charge in [-0.3, -0.25) is 4.40 Å². The summed E-state index contributed by atoms with van der Waals surface area (Å²) in [5.41, 5.74) is 5.19. The summed E-state index contributed by atoms with van der Waals surface area (Å²) < 4.78 is 7.89. The highest BCUT2D eigenvalue weighted by molar-refractivity contribution is 5.88. The van der Waals surface area contributed by atoms with E-state index in [4.69, 9.17) is 4.42 Å². The van der Waals surface area contributed by atoms with Crippen molar-refractivity contribution in [1.82, 2.24) is 9.38 Å². The Bertz CT molecular complexity index is 854. The summed E-state index contributed by atoms with van der Waals surface area (Å²) in [6, 6.07) is 14.2. The molecule has 4 aromatic rings. The monoisotopic (exact) mass is 222 g/mol. The molecule has 0 spiro atoms. The molecule has 0 aliphatic rings. The van der Waals surface area contributed by atoms with Crippen LogP contribution in [0.3, 0.4) is 0 Å². The number of fused-ring (bicyclic) bond motifs is 5. The summed E-state index contributed by atoms with van der Waals surface area (Å²) in [6.45, 7) is 2.05. The molecule has 4 rings (SSSR count). The molecule has 17 heavy (non-hydrogen) atoms. The topological polar surface area (TPSA) is 30.4 Å². The van der Waals surface area contributed by atoms with Crippen molar-refractivity contribution >= 4 is 28.0 Å². The van der Waals surface area contributed by atoms with Crippen LogP contribution in [0.15, 0.2) is 46.9 Å². The summed E-state index contributed by atoms with van der Waals surface area (Å²) in [7, 11) is 0. The molecule has 0 radical (unpaired) electrons. The molecule has 3 heteroatoms. The number of hydrogen-bond donors (Lipinski definition) is 0. The van der Waals surface area contributed by atoms with Gasteiger partial charge >= 0.3 is 5.84 Å². The van der Waals surface area contributed by atoms with Crippen LogP contribution in [0.2, 0.25) is 0 Å². The molecule has 3 nitrogen and oxygen atoms in total. The van der Waals surface area contributed by atoms with Crippen LogP contribution >= 0.6 is 0 Å². The smallest absolute Gasteiger partial charge is 0.307 e. The fourth-order valence-electron chi connectivity index (χ4n) is 2.34. The van der Waals surface area contributed by atoms with E-state index < -0.39 is 0 Å². The lowest BCUT2D eigenvalue weighted by molar-refractivity contribution is 0.640. The van der Waals surface area contributed by atoms with Gasteiger partial charge in [0.2, 0.25) is 0 Å². The molecule has 0 saturated carbocycles. The van der Waals surface area contributed by atoms with Crippen molar-refractivity contribution in [1.29, 1.82) is 0 Å². The molecule has 0 atom stereocenters. The highest BCUT2D eigenvalue weighted by Gasteiger charge is 2.12. The van der Waals surface area contributed by atoms with Crippen molar-refractivity contribution in [2.24, 2.45) is 0 Å². The summed E-state index contributed by atoms with van der Waals surface area (Å²) >= 11 is 0. The van der Waals surface area contributed by atoms with Crippen molar-refractivity contribution in [3.63, 3.8) is 0 Å². The number of aromatic nitrogens is 2. The quantitative estimate of drug-likeness (QED) is 0.455. The van der Waals surface area contributed by atoms with Crippen LogP contribution < -0.4 is 0 Å². The number of aryl methyl sites for hydroxylation is 1. The van der Waals surface area contributed by atoms with Crippen LogP contribution in [0.4, 0.5) is 0 Å². The Balaban J connectivity index is 2.36. The van der Waals surface area contributed by atoms with Gasteiger partial charge in [-0.25, -0.2) is 0 Å². The molecule has 2 heterocycles. The first-order valence-electron chi connectivity index (χ1n) is 5.60. The van der Waals surface area contributed by atoms with Crippen molar-refractivity contribution in [2.75, 3.05) is 0 Å². The van der Waals surface area contributed by atoms with Gasteiger partial charge in [0.1, 0.15) is 0 Å². The molecule has 0 N–H and O–H groups in total. The predicted molar refractivity (Wildman–Crippen MR) is 67.2 cm³/mol. The van der Waals surface area contributed by atoms with Gasteiger partial charge in [-0.15, -0.1) is 0 Å². The first-order valence-corrected chi connectivity index (χ1v) is 5.60. The van der Waals surface area contributed by atoms with E-state index in [1.54, 1.807) is 0 Å². The molecule has 0 unspecified atom stereocenters. The van der Waals surface area contributed by atoms with Crippen LogP contribution in [0, 0.1) is 6.92 Å². The molecule has 0 fully saturated rings. The average molecular weight is 222 g/mol. The normalized spacial score (nSPS) is 11.8. The Labute approximate surface area is 97.3 Å². The number of para-hydroxylation sites is 3. The van der Waals surface area contributed by atoms with E-state index in [0.717, 1.165) is 27.7 Å². The molecule has 0 bridgehead atoms. The van der Waals surface area contributed by atoms with E-state index in [1.165, 1.54) is 0 Å². The lowest BCUT2D eigenvalue weighted by Gasteiger charge is -1.94. The van der Waals surface area contributed by atoms with E-state index in [1.807, 2.05) is 37.3 Å². The molecule has 0 aliphatic carbocycles. The zero-order valence-corrected chi connectivity index (χ0v) is 9.34. The van der Waals surface area contributed by atoms with Gasteiger partial charge in [-0.2, -0.15) is 4.98 Å². The first-order chi connectivity index (χ1) is 8.34. The van der Waals surface area contributed by atoms with Crippen molar-refractivity contribution in [3.8, 4) is 0 Å². The minimum absolute atomic E-state index is 0.663. The van der Waals surface area contributed by atoms with E-state index in [0.29, 0.717) is 5.84 Å². The maximum atomic E-state index is 5.82. The second-order valence-electron chi connectivity index (χ2n) is 4.24. The van der Waals surface area contributed by atoms with Gasteiger partial charge in [0.05, 0.1) is 16.6 Å². The Morgan fingerprint density at radius 1 is 1.00 bits per heavy atom. The molecule has 82 valence electrons. The lowest BCUT2D eigenvalue weighted by atomic mass is 10.2. The van der Waals surface area contributed by atoms with Crippen LogP contribution in [0.25, 0.3) is 28.0 Å². The van der Waals surface area contributed by atoms with Crippen molar-refractivity contribution < 1.29 is 4.42 Å². The highest BCUT2D eigenvalue weighted by Crippen LogP contribution is 2.27. The fraction of sp³-hybridized carbons (Fsp3) is 0.0714. The van der Waals surface area contributed by atoms with E-state index in [9.17, 15) is 0 Å². The largest absolute Gasteiger partial charge is 0.423 e. The third-order valence-electron chi connectivity index (χ3n) is 3.16. The second kappa shape index (κ2) is 2.88. The zero-order chi connectivity index (χ0) is 11.4. The average Bonchev–Trinajstić information content (AvgIpc) is 2.85. The Morgan fingerprint density at radius 2 is 1.82 bits per heavy atom. The molecular formula is C14H10N2O. The van der Waals surface area contributed by atoms with Crippen LogP contribution in [-0.2, 0) is 0 Å². The summed E-state index contributed by atoms with van der Waals surface area (Å²) in [4.78, 5) is 4.49. The maximum absolute atomic E-state index is 5.82. The van der Waals surface area contributed by atoms with Gasteiger partial charge in [-0.1, -0.05) is 24.3 Å². The van der Waals surface area contributed by atoms with E-state index in [2.05, 4.69) is 21.5 Å². The minimum Gasteiger partial charge on any atom is -0.423 e. The maximum Gasteiger partial charge on any atom is 0.307 e. The first kappa shape index (κ1) is 8.82. The Kier molecular flexibility index (Phi) is 1.50. The third kappa shape index (κ3) is 1.03. The summed E-state index contributed by atoms with van der Waals surface area (Å²) in [5.74, 6) is 0.663. The highest BCUT2D eigenvalue weighted by atomic mass is 16.4. The van der Waals surface area contributed by atoms with Crippen LogP contribution in [0.1, 0.15) is 5.56 Å². The van der Waals surface area contributed by atoms with Gasteiger partial charge in [-0.05, 0) is 30.7 Å². The molecular weight excluding hydrogens is 212 g/mol.